The first-order valence-electron chi connectivity index (χ1n) is 6.68. The molecule has 0 aromatic heterocycles. The molecule has 1 atom stereocenters. The van der Waals surface area contributed by atoms with Gasteiger partial charge in [-0.3, -0.25) is 0 Å². The van der Waals surface area contributed by atoms with Gasteiger partial charge in [0.05, 0.1) is 6.04 Å². The molecular formula is C17H20FN. The number of hydrogen-bond acceptors (Lipinski definition) is 1. The van der Waals surface area contributed by atoms with Gasteiger partial charge in [0.2, 0.25) is 0 Å². The van der Waals surface area contributed by atoms with Crippen molar-refractivity contribution in [3.8, 4) is 0 Å². The van der Waals surface area contributed by atoms with E-state index in [1.165, 1.54) is 28.8 Å². The van der Waals surface area contributed by atoms with Crippen molar-refractivity contribution in [1.82, 2.24) is 5.32 Å². The number of aryl methyl sites for hydroxylation is 1. The third kappa shape index (κ3) is 3.02. The summed E-state index contributed by atoms with van der Waals surface area (Å²) in [6.07, 6.45) is 0. The van der Waals surface area contributed by atoms with E-state index in [4.69, 9.17) is 0 Å². The van der Waals surface area contributed by atoms with Gasteiger partial charge in [0.15, 0.2) is 0 Å². The van der Waals surface area contributed by atoms with Gasteiger partial charge in [-0.05, 0) is 54.8 Å². The predicted octanol–water partition coefficient (Wildman–Crippen LogP) is 4.14. The predicted molar refractivity (Wildman–Crippen MR) is 77.8 cm³/mol. The van der Waals surface area contributed by atoms with E-state index in [0.29, 0.717) is 0 Å². The molecule has 2 heteroatoms. The molecule has 0 bridgehead atoms. The van der Waals surface area contributed by atoms with Gasteiger partial charge in [0, 0.05) is 0 Å². The van der Waals surface area contributed by atoms with Crippen LogP contribution in [-0.4, -0.2) is 6.54 Å². The maximum absolute atomic E-state index is 13.1. The molecule has 2 rings (SSSR count). The quantitative estimate of drug-likeness (QED) is 0.868. The van der Waals surface area contributed by atoms with Crippen LogP contribution in [0.2, 0.25) is 0 Å². The van der Waals surface area contributed by atoms with Gasteiger partial charge in [-0.2, -0.15) is 0 Å². The highest BCUT2D eigenvalue weighted by atomic mass is 19.1. The number of halogens is 1. The SMILES string of the molecule is CCNC(c1ccc(F)cc1)c1cccc(C)c1C. The van der Waals surface area contributed by atoms with E-state index in [0.717, 1.165) is 12.1 Å². The molecule has 0 amide bonds. The van der Waals surface area contributed by atoms with Gasteiger partial charge < -0.3 is 5.32 Å². The molecule has 19 heavy (non-hydrogen) atoms. The Morgan fingerprint density at radius 3 is 2.37 bits per heavy atom. The summed E-state index contributed by atoms with van der Waals surface area (Å²) in [4.78, 5) is 0. The Bertz CT molecular complexity index is 546. The van der Waals surface area contributed by atoms with E-state index in [-0.39, 0.29) is 11.9 Å². The third-order valence-electron chi connectivity index (χ3n) is 3.57. The Balaban J connectivity index is 2.45. The second kappa shape index (κ2) is 5.98. The number of rotatable bonds is 4. The molecule has 100 valence electrons. The zero-order valence-electron chi connectivity index (χ0n) is 11.7. The summed E-state index contributed by atoms with van der Waals surface area (Å²) in [5.74, 6) is -0.194. The monoisotopic (exact) mass is 257 g/mol. The van der Waals surface area contributed by atoms with Crippen LogP contribution in [0, 0.1) is 19.7 Å². The minimum atomic E-state index is -0.194. The second-order valence-electron chi connectivity index (χ2n) is 4.83. The minimum absolute atomic E-state index is 0.116. The highest BCUT2D eigenvalue weighted by molar-refractivity contribution is 5.40. The fraction of sp³-hybridized carbons (Fsp3) is 0.294. The van der Waals surface area contributed by atoms with Gasteiger partial charge in [-0.15, -0.1) is 0 Å². The molecule has 1 nitrogen and oxygen atoms in total. The van der Waals surface area contributed by atoms with Crippen LogP contribution < -0.4 is 5.32 Å². The molecule has 0 fully saturated rings. The van der Waals surface area contributed by atoms with E-state index in [1.54, 1.807) is 0 Å². The van der Waals surface area contributed by atoms with Crippen molar-refractivity contribution in [1.29, 1.82) is 0 Å². The molecule has 0 heterocycles. The molecule has 0 aliphatic heterocycles. The Morgan fingerprint density at radius 2 is 1.74 bits per heavy atom. The minimum Gasteiger partial charge on any atom is -0.307 e. The largest absolute Gasteiger partial charge is 0.307 e. The van der Waals surface area contributed by atoms with E-state index in [1.807, 2.05) is 12.1 Å². The lowest BCUT2D eigenvalue weighted by atomic mass is 9.92. The van der Waals surface area contributed by atoms with Crippen LogP contribution in [0.1, 0.15) is 35.2 Å². The van der Waals surface area contributed by atoms with E-state index >= 15 is 0 Å². The normalized spacial score (nSPS) is 12.4. The van der Waals surface area contributed by atoms with Gasteiger partial charge in [-0.25, -0.2) is 4.39 Å². The van der Waals surface area contributed by atoms with Gasteiger partial charge in [-0.1, -0.05) is 37.3 Å². The zero-order valence-corrected chi connectivity index (χ0v) is 11.7. The molecule has 0 saturated carbocycles. The van der Waals surface area contributed by atoms with Crippen LogP contribution in [0.15, 0.2) is 42.5 Å². The van der Waals surface area contributed by atoms with E-state index in [9.17, 15) is 4.39 Å². The lowest BCUT2D eigenvalue weighted by molar-refractivity contribution is 0.612. The molecular weight excluding hydrogens is 237 g/mol. The Hall–Kier alpha value is -1.67. The summed E-state index contributed by atoms with van der Waals surface area (Å²) >= 11 is 0. The molecule has 0 aliphatic carbocycles. The van der Waals surface area contributed by atoms with Crippen molar-refractivity contribution in [2.45, 2.75) is 26.8 Å². The molecule has 0 saturated heterocycles. The molecule has 2 aromatic rings. The van der Waals surface area contributed by atoms with Crippen LogP contribution in [0.5, 0.6) is 0 Å². The highest BCUT2D eigenvalue weighted by Gasteiger charge is 2.15. The standard InChI is InChI=1S/C17H20FN/c1-4-19-17(14-8-10-15(18)11-9-14)16-7-5-6-12(2)13(16)3/h5-11,17,19H,4H2,1-3H3. The first-order valence-corrected chi connectivity index (χ1v) is 6.68. The summed E-state index contributed by atoms with van der Waals surface area (Å²) in [6, 6.07) is 13.2. The Morgan fingerprint density at radius 1 is 1.05 bits per heavy atom. The van der Waals surface area contributed by atoms with Crippen molar-refractivity contribution < 1.29 is 4.39 Å². The fourth-order valence-electron chi connectivity index (χ4n) is 2.35. The van der Waals surface area contributed by atoms with Crippen molar-refractivity contribution in [3.05, 3.63) is 70.5 Å². The van der Waals surface area contributed by atoms with E-state index in [2.05, 4.69) is 44.3 Å². The van der Waals surface area contributed by atoms with Crippen molar-refractivity contribution in [3.63, 3.8) is 0 Å². The summed E-state index contributed by atoms with van der Waals surface area (Å²) in [6.45, 7) is 7.21. The van der Waals surface area contributed by atoms with Crippen molar-refractivity contribution >= 4 is 0 Å². The lowest BCUT2D eigenvalue weighted by Gasteiger charge is -2.22. The third-order valence-corrected chi connectivity index (χ3v) is 3.57. The molecule has 2 aromatic carbocycles. The van der Waals surface area contributed by atoms with Gasteiger partial charge in [0.1, 0.15) is 5.82 Å². The number of benzene rings is 2. The Labute approximate surface area is 114 Å². The molecule has 1 unspecified atom stereocenters. The van der Waals surface area contributed by atoms with Gasteiger partial charge >= 0.3 is 0 Å². The first kappa shape index (κ1) is 13.8. The van der Waals surface area contributed by atoms with Crippen LogP contribution in [0.25, 0.3) is 0 Å². The number of hydrogen-bond donors (Lipinski definition) is 1. The van der Waals surface area contributed by atoms with Crippen LogP contribution in [0.3, 0.4) is 0 Å². The summed E-state index contributed by atoms with van der Waals surface area (Å²) in [7, 11) is 0. The fourth-order valence-corrected chi connectivity index (χ4v) is 2.35. The van der Waals surface area contributed by atoms with Crippen LogP contribution >= 0.6 is 0 Å². The number of nitrogens with one attached hydrogen (secondary N) is 1. The van der Waals surface area contributed by atoms with Crippen molar-refractivity contribution in [2.75, 3.05) is 6.54 Å². The molecule has 0 aliphatic rings. The summed E-state index contributed by atoms with van der Waals surface area (Å²) in [5, 5.41) is 3.48. The summed E-state index contributed by atoms with van der Waals surface area (Å²) < 4.78 is 13.1. The lowest BCUT2D eigenvalue weighted by Crippen LogP contribution is -2.23. The zero-order chi connectivity index (χ0) is 13.8. The molecule has 0 radical (unpaired) electrons. The second-order valence-corrected chi connectivity index (χ2v) is 4.83. The average Bonchev–Trinajstić information content (AvgIpc) is 2.41. The molecule has 0 spiro atoms. The van der Waals surface area contributed by atoms with Gasteiger partial charge in [0.25, 0.3) is 0 Å². The highest BCUT2D eigenvalue weighted by Crippen LogP contribution is 2.26. The molecule has 1 N–H and O–H groups in total. The van der Waals surface area contributed by atoms with Crippen LogP contribution in [-0.2, 0) is 0 Å². The topological polar surface area (TPSA) is 12.0 Å². The smallest absolute Gasteiger partial charge is 0.123 e. The summed E-state index contributed by atoms with van der Waals surface area (Å²) in [5.41, 5.74) is 4.92. The maximum atomic E-state index is 13.1. The Kier molecular flexibility index (Phi) is 4.33. The van der Waals surface area contributed by atoms with Crippen molar-refractivity contribution in [2.24, 2.45) is 0 Å². The van der Waals surface area contributed by atoms with Crippen LogP contribution in [0.4, 0.5) is 4.39 Å². The van der Waals surface area contributed by atoms with E-state index < -0.39 is 0 Å². The first-order chi connectivity index (χ1) is 9.13. The maximum Gasteiger partial charge on any atom is 0.123 e. The average molecular weight is 257 g/mol.